The Morgan fingerprint density at radius 1 is 0.313 bits per heavy atom. The molecule has 0 bridgehead atoms. The summed E-state index contributed by atoms with van der Waals surface area (Å²) in [7, 11) is 0. The SMILES string of the molecule is CC/C=C\C/C=C\C/C=C\C/C=C\C/C=C\C/C=C\CCC(=O)OC[C@@H](COC(=O)CCCCCCCCCCCCC)OC(=O)CCCCCCCC/C=C\C/C=C\C/C=C\CCCCC. The Kier molecular flexibility index (Phi) is 51.5. The normalized spacial score (nSPS) is 12.9. The fourth-order valence-corrected chi connectivity index (χ4v) is 7.18. The fraction of sp³-hybridized carbons (Fsp3) is 0.656. The van der Waals surface area contributed by atoms with E-state index in [4.69, 9.17) is 14.2 Å². The first-order valence-electron chi connectivity index (χ1n) is 27.4. The summed E-state index contributed by atoms with van der Waals surface area (Å²) in [5.74, 6) is -1.01. The van der Waals surface area contributed by atoms with E-state index in [1.54, 1.807) is 0 Å². The van der Waals surface area contributed by atoms with Crippen molar-refractivity contribution in [3.05, 3.63) is 109 Å². The van der Waals surface area contributed by atoms with Gasteiger partial charge in [0.25, 0.3) is 0 Å². The van der Waals surface area contributed by atoms with Crippen LogP contribution < -0.4 is 0 Å². The summed E-state index contributed by atoms with van der Waals surface area (Å²) in [5, 5.41) is 0. The maximum atomic E-state index is 12.8. The largest absolute Gasteiger partial charge is 0.462 e. The Morgan fingerprint density at radius 2 is 0.612 bits per heavy atom. The lowest BCUT2D eigenvalue weighted by Gasteiger charge is -2.18. The molecule has 0 aliphatic heterocycles. The van der Waals surface area contributed by atoms with E-state index in [9.17, 15) is 14.4 Å². The van der Waals surface area contributed by atoms with Crippen molar-refractivity contribution < 1.29 is 28.6 Å². The quantitative estimate of drug-likeness (QED) is 0.0262. The molecule has 0 amide bonds. The van der Waals surface area contributed by atoms with Crippen molar-refractivity contribution in [2.45, 2.75) is 245 Å². The fourth-order valence-electron chi connectivity index (χ4n) is 7.18. The number of esters is 3. The number of unbranched alkanes of at least 4 members (excludes halogenated alkanes) is 19. The molecular weight excluding hydrogens is 829 g/mol. The lowest BCUT2D eigenvalue weighted by molar-refractivity contribution is -0.166. The highest BCUT2D eigenvalue weighted by Crippen LogP contribution is 2.14. The topological polar surface area (TPSA) is 78.9 Å². The maximum Gasteiger partial charge on any atom is 0.306 e. The standard InChI is InChI=1S/C61H100O6/c1-4-7-10-13-16-19-22-24-26-28-30-32-34-36-39-42-45-48-51-54-60(63)66-57-58(56-65-59(62)53-50-47-44-41-38-21-18-15-12-9-6-3)67-61(64)55-52-49-46-43-40-37-35-33-31-29-27-25-23-20-17-14-11-8-5-2/h7,10,16-17,19-20,24-27,30-33,36,39,45,48,58H,4-6,8-9,11-15,18,21-23,28-29,34-35,37-38,40-44,46-47,49-57H2,1-3H3/b10-7-,19-16-,20-17-,26-24-,27-25-,32-30-,33-31-,39-36-,48-45-/t58-/m1/s1. The van der Waals surface area contributed by atoms with Crippen LogP contribution >= 0.6 is 0 Å². The van der Waals surface area contributed by atoms with Gasteiger partial charge in [-0.2, -0.15) is 0 Å². The zero-order valence-electron chi connectivity index (χ0n) is 43.4. The second-order valence-electron chi connectivity index (χ2n) is 17.8. The highest BCUT2D eigenvalue weighted by atomic mass is 16.6. The number of hydrogen-bond donors (Lipinski definition) is 0. The lowest BCUT2D eigenvalue weighted by atomic mass is 10.1. The summed E-state index contributed by atoms with van der Waals surface area (Å²) in [6.45, 7) is 6.41. The first-order chi connectivity index (χ1) is 33.0. The number of carbonyl (C=O) groups excluding carboxylic acids is 3. The molecule has 0 aliphatic rings. The molecule has 0 unspecified atom stereocenters. The molecule has 0 aromatic heterocycles. The first kappa shape index (κ1) is 63.1. The van der Waals surface area contributed by atoms with Gasteiger partial charge in [0.15, 0.2) is 6.10 Å². The average molecular weight is 929 g/mol. The van der Waals surface area contributed by atoms with Crippen LogP contribution in [0.4, 0.5) is 0 Å². The van der Waals surface area contributed by atoms with Gasteiger partial charge >= 0.3 is 17.9 Å². The summed E-state index contributed by atoms with van der Waals surface area (Å²) in [6, 6.07) is 0. The molecule has 6 nitrogen and oxygen atoms in total. The van der Waals surface area contributed by atoms with Gasteiger partial charge in [0.05, 0.1) is 0 Å². The second kappa shape index (κ2) is 54.7. The Bertz CT molecular complexity index is 1390. The maximum absolute atomic E-state index is 12.8. The van der Waals surface area contributed by atoms with Crippen LogP contribution in [0.2, 0.25) is 0 Å². The highest BCUT2D eigenvalue weighted by molar-refractivity contribution is 5.71. The van der Waals surface area contributed by atoms with E-state index < -0.39 is 6.10 Å². The van der Waals surface area contributed by atoms with Crippen LogP contribution in [0, 0.1) is 0 Å². The molecule has 67 heavy (non-hydrogen) atoms. The summed E-state index contributed by atoms with van der Waals surface area (Å²) < 4.78 is 16.7. The summed E-state index contributed by atoms with van der Waals surface area (Å²) in [6.07, 6.45) is 73.7. The Hall–Kier alpha value is -3.93. The molecule has 0 fully saturated rings. The van der Waals surface area contributed by atoms with Crippen molar-refractivity contribution in [2.75, 3.05) is 13.2 Å². The molecule has 0 radical (unpaired) electrons. The van der Waals surface area contributed by atoms with E-state index in [0.717, 1.165) is 103 Å². The highest BCUT2D eigenvalue weighted by Gasteiger charge is 2.19. The number of carbonyl (C=O) groups is 3. The second-order valence-corrected chi connectivity index (χ2v) is 17.8. The van der Waals surface area contributed by atoms with Crippen molar-refractivity contribution in [1.82, 2.24) is 0 Å². The first-order valence-corrected chi connectivity index (χ1v) is 27.4. The van der Waals surface area contributed by atoms with Crippen molar-refractivity contribution >= 4 is 17.9 Å². The zero-order valence-corrected chi connectivity index (χ0v) is 43.4. The minimum atomic E-state index is -0.815. The van der Waals surface area contributed by atoms with Crippen molar-refractivity contribution in [3.8, 4) is 0 Å². The molecule has 0 aromatic rings. The van der Waals surface area contributed by atoms with Crippen molar-refractivity contribution in [1.29, 1.82) is 0 Å². The molecule has 0 saturated carbocycles. The summed E-state index contributed by atoms with van der Waals surface area (Å²) in [4.78, 5) is 38.0. The van der Waals surface area contributed by atoms with E-state index in [1.807, 2.05) is 6.08 Å². The monoisotopic (exact) mass is 929 g/mol. The van der Waals surface area contributed by atoms with Gasteiger partial charge in [0, 0.05) is 19.3 Å². The van der Waals surface area contributed by atoms with Gasteiger partial charge in [-0.1, -0.05) is 233 Å². The molecule has 380 valence electrons. The summed E-state index contributed by atoms with van der Waals surface area (Å²) >= 11 is 0. The van der Waals surface area contributed by atoms with Crippen LogP contribution in [0.15, 0.2) is 109 Å². The average Bonchev–Trinajstić information content (AvgIpc) is 3.33. The third-order valence-electron chi connectivity index (χ3n) is 11.3. The van der Waals surface area contributed by atoms with Gasteiger partial charge in [-0.3, -0.25) is 14.4 Å². The molecular formula is C61H100O6. The molecule has 0 spiro atoms. The van der Waals surface area contributed by atoms with Gasteiger partial charge in [-0.05, 0) is 96.3 Å². The number of allylic oxidation sites excluding steroid dienone is 18. The minimum Gasteiger partial charge on any atom is -0.462 e. The molecule has 0 rings (SSSR count). The minimum absolute atomic E-state index is 0.107. The van der Waals surface area contributed by atoms with Crippen LogP contribution in [0.3, 0.4) is 0 Å². The Labute approximate surface area is 412 Å². The number of hydrogen-bond acceptors (Lipinski definition) is 6. The molecule has 1 atom stereocenters. The molecule has 0 N–H and O–H groups in total. The van der Waals surface area contributed by atoms with Gasteiger partial charge in [0.2, 0.25) is 0 Å². The van der Waals surface area contributed by atoms with E-state index in [2.05, 4.69) is 124 Å². The molecule has 0 aromatic carbocycles. The smallest absolute Gasteiger partial charge is 0.306 e. The van der Waals surface area contributed by atoms with Gasteiger partial charge in [0.1, 0.15) is 13.2 Å². The lowest BCUT2D eigenvalue weighted by Crippen LogP contribution is -2.30. The summed E-state index contributed by atoms with van der Waals surface area (Å²) in [5.41, 5.74) is 0. The molecule has 6 heteroatoms. The van der Waals surface area contributed by atoms with Crippen molar-refractivity contribution in [2.24, 2.45) is 0 Å². The van der Waals surface area contributed by atoms with E-state index in [1.165, 1.54) is 89.9 Å². The Morgan fingerprint density at radius 3 is 1.03 bits per heavy atom. The molecule has 0 heterocycles. The number of ether oxygens (including phenoxy) is 3. The third-order valence-corrected chi connectivity index (χ3v) is 11.3. The van der Waals surface area contributed by atoms with Gasteiger partial charge in [-0.15, -0.1) is 0 Å². The van der Waals surface area contributed by atoms with E-state index >= 15 is 0 Å². The van der Waals surface area contributed by atoms with Crippen LogP contribution in [-0.2, 0) is 28.6 Å². The van der Waals surface area contributed by atoms with Crippen LogP contribution in [0.5, 0.6) is 0 Å². The number of rotatable bonds is 48. The van der Waals surface area contributed by atoms with E-state index in [0.29, 0.717) is 19.3 Å². The predicted molar refractivity (Wildman–Crippen MR) is 288 cm³/mol. The molecule has 0 aliphatic carbocycles. The van der Waals surface area contributed by atoms with Crippen LogP contribution in [0.25, 0.3) is 0 Å². The van der Waals surface area contributed by atoms with Crippen LogP contribution in [-0.4, -0.2) is 37.2 Å². The predicted octanol–water partition coefficient (Wildman–Crippen LogP) is 18.3. The zero-order chi connectivity index (χ0) is 48.6. The van der Waals surface area contributed by atoms with Gasteiger partial charge < -0.3 is 14.2 Å². The third kappa shape index (κ3) is 52.9. The molecule has 0 saturated heterocycles. The Balaban J connectivity index is 4.51. The van der Waals surface area contributed by atoms with Gasteiger partial charge in [-0.25, -0.2) is 0 Å². The van der Waals surface area contributed by atoms with Crippen LogP contribution in [0.1, 0.15) is 239 Å². The van der Waals surface area contributed by atoms with E-state index in [-0.39, 0.29) is 37.5 Å². The van der Waals surface area contributed by atoms with Crippen molar-refractivity contribution in [3.63, 3.8) is 0 Å².